The van der Waals surface area contributed by atoms with Gasteiger partial charge in [0.1, 0.15) is 5.75 Å². The molecular weight excluding hydrogens is 204 g/mol. The molecule has 0 amide bonds. The number of phenolic OH excluding ortho intramolecular Hbond substituents is 1. The number of aromatic nitrogens is 2. The van der Waals surface area contributed by atoms with Crippen LogP contribution in [0.1, 0.15) is 11.4 Å². The summed E-state index contributed by atoms with van der Waals surface area (Å²) in [6.07, 6.45) is 0. The third-order valence-corrected chi connectivity index (χ3v) is 2.19. The average Bonchev–Trinajstić information content (AvgIpc) is 2.29. The largest absolute Gasteiger partial charge is 0.508 e. The van der Waals surface area contributed by atoms with Crippen LogP contribution in [0.25, 0.3) is 11.4 Å². The molecule has 0 atom stereocenters. The Morgan fingerprint density at radius 3 is 2.44 bits per heavy atom. The number of phenols is 1. The van der Waals surface area contributed by atoms with E-state index >= 15 is 0 Å². The maximum atomic E-state index is 9.18. The molecule has 0 aliphatic heterocycles. The third-order valence-electron chi connectivity index (χ3n) is 2.19. The molecule has 0 saturated heterocycles. The Labute approximate surface area is 93.2 Å². The molecule has 0 fully saturated rings. The zero-order chi connectivity index (χ0) is 11.5. The maximum Gasteiger partial charge on any atom is 0.159 e. The van der Waals surface area contributed by atoms with Crippen LogP contribution in [0.5, 0.6) is 5.75 Å². The first-order valence-electron chi connectivity index (χ1n) is 4.94. The molecule has 0 bridgehead atoms. The number of benzene rings is 1. The highest BCUT2D eigenvalue weighted by Crippen LogP contribution is 2.19. The Kier molecular flexibility index (Phi) is 2.83. The highest BCUT2D eigenvalue weighted by atomic mass is 16.3. The number of aliphatic hydroxyl groups excluding tert-OH is 1. The fourth-order valence-corrected chi connectivity index (χ4v) is 1.45. The van der Waals surface area contributed by atoms with Crippen LogP contribution in [0.2, 0.25) is 0 Å². The second kappa shape index (κ2) is 4.28. The normalized spacial score (nSPS) is 10.4. The molecule has 0 aliphatic carbocycles. The molecule has 0 unspecified atom stereocenters. The van der Waals surface area contributed by atoms with E-state index < -0.39 is 0 Å². The molecule has 16 heavy (non-hydrogen) atoms. The predicted octanol–water partition coefficient (Wildman–Crippen LogP) is 1.65. The summed E-state index contributed by atoms with van der Waals surface area (Å²) in [5, 5.41) is 18.2. The van der Waals surface area contributed by atoms with E-state index in [1.165, 1.54) is 0 Å². The first-order chi connectivity index (χ1) is 7.69. The topological polar surface area (TPSA) is 66.2 Å². The second-order valence-corrected chi connectivity index (χ2v) is 3.53. The number of rotatable bonds is 2. The standard InChI is InChI=1S/C12H12N2O2/c1-8-6-10(7-15)14-12(13-8)9-2-4-11(16)5-3-9/h2-6,15-16H,7H2,1H3. The summed E-state index contributed by atoms with van der Waals surface area (Å²) in [6.45, 7) is 1.75. The smallest absolute Gasteiger partial charge is 0.159 e. The van der Waals surface area contributed by atoms with Crippen molar-refractivity contribution < 1.29 is 10.2 Å². The molecule has 2 rings (SSSR count). The van der Waals surface area contributed by atoms with E-state index in [1.807, 2.05) is 6.92 Å². The van der Waals surface area contributed by atoms with Gasteiger partial charge in [-0.15, -0.1) is 0 Å². The number of hydrogen-bond donors (Lipinski definition) is 2. The van der Waals surface area contributed by atoms with Crippen LogP contribution >= 0.6 is 0 Å². The Morgan fingerprint density at radius 1 is 1.12 bits per heavy atom. The van der Waals surface area contributed by atoms with E-state index in [0.717, 1.165) is 11.3 Å². The van der Waals surface area contributed by atoms with Gasteiger partial charge in [0.15, 0.2) is 5.82 Å². The summed E-state index contributed by atoms with van der Waals surface area (Å²) in [5.41, 5.74) is 2.22. The van der Waals surface area contributed by atoms with Gasteiger partial charge in [0, 0.05) is 11.3 Å². The van der Waals surface area contributed by atoms with Crippen LogP contribution in [0.15, 0.2) is 30.3 Å². The Balaban J connectivity index is 2.47. The van der Waals surface area contributed by atoms with Gasteiger partial charge < -0.3 is 10.2 Å². The lowest BCUT2D eigenvalue weighted by Gasteiger charge is -2.04. The third kappa shape index (κ3) is 2.17. The van der Waals surface area contributed by atoms with Gasteiger partial charge >= 0.3 is 0 Å². The quantitative estimate of drug-likeness (QED) is 0.801. The van der Waals surface area contributed by atoms with Gasteiger partial charge in [0.05, 0.1) is 12.3 Å². The summed E-state index contributed by atoms with van der Waals surface area (Å²) < 4.78 is 0. The summed E-state index contributed by atoms with van der Waals surface area (Å²) in [7, 11) is 0. The van der Waals surface area contributed by atoms with Gasteiger partial charge in [-0.2, -0.15) is 0 Å². The van der Waals surface area contributed by atoms with Crippen LogP contribution in [0.3, 0.4) is 0 Å². The molecule has 0 radical (unpaired) electrons. The lowest BCUT2D eigenvalue weighted by atomic mass is 10.2. The van der Waals surface area contributed by atoms with Gasteiger partial charge in [0.2, 0.25) is 0 Å². The molecule has 2 N–H and O–H groups in total. The number of aryl methyl sites for hydroxylation is 1. The predicted molar refractivity (Wildman–Crippen MR) is 59.8 cm³/mol. The summed E-state index contributed by atoms with van der Waals surface area (Å²) >= 11 is 0. The van der Waals surface area contributed by atoms with Gasteiger partial charge in [-0.25, -0.2) is 9.97 Å². The van der Waals surface area contributed by atoms with Crippen LogP contribution < -0.4 is 0 Å². The minimum atomic E-state index is -0.103. The Morgan fingerprint density at radius 2 is 1.81 bits per heavy atom. The van der Waals surface area contributed by atoms with E-state index in [4.69, 9.17) is 5.11 Å². The van der Waals surface area contributed by atoms with Crippen molar-refractivity contribution in [1.82, 2.24) is 9.97 Å². The maximum absolute atomic E-state index is 9.18. The van der Waals surface area contributed by atoms with Crippen LogP contribution in [0.4, 0.5) is 0 Å². The minimum absolute atomic E-state index is 0.103. The van der Waals surface area contributed by atoms with Crippen molar-refractivity contribution in [3.63, 3.8) is 0 Å². The molecule has 4 nitrogen and oxygen atoms in total. The first kappa shape index (κ1) is 10.6. The van der Waals surface area contributed by atoms with Gasteiger partial charge in [-0.05, 0) is 37.3 Å². The minimum Gasteiger partial charge on any atom is -0.508 e. The highest BCUT2D eigenvalue weighted by Gasteiger charge is 2.04. The zero-order valence-electron chi connectivity index (χ0n) is 8.88. The van der Waals surface area contributed by atoms with E-state index in [2.05, 4.69) is 9.97 Å². The average molecular weight is 216 g/mol. The Hall–Kier alpha value is -1.94. The van der Waals surface area contributed by atoms with Crippen LogP contribution in [0, 0.1) is 6.92 Å². The lowest BCUT2D eigenvalue weighted by molar-refractivity contribution is 0.276. The van der Waals surface area contributed by atoms with Crippen molar-refractivity contribution in [3.05, 3.63) is 41.7 Å². The molecule has 0 aliphatic rings. The van der Waals surface area contributed by atoms with E-state index in [-0.39, 0.29) is 12.4 Å². The summed E-state index contributed by atoms with van der Waals surface area (Å²) in [4.78, 5) is 8.49. The van der Waals surface area contributed by atoms with E-state index in [0.29, 0.717) is 11.5 Å². The number of aliphatic hydroxyl groups is 1. The molecule has 0 saturated carbocycles. The molecule has 4 heteroatoms. The first-order valence-corrected chi connectivity index (χ1v) is 4.94. The second-order valence-electron chi connectivity index (χ2n) is 3.53. The molecule has 1 aromatic carbocycles. The van der Waals surface area contributed by atoms with Crippen molar-refractivity contribution in [3.8, 4) is 17.1 Å². The molecule has 82 valence electrons. The summed E-state index contributed by atoms with van der Waals surface area (Å²) in [6, 6.07) is 8.39. The molecule has 2 aromatic rings. The number of aromatic hydroxyl groups is 1. The fraction of sp³-hybridized carbons (Fsp3) is 0.167. The SMILES string of the molecule is Cc1cc(CO)nc(-c2ccc(O)cc2)n1. The fourth-order valence-electron chi connectivity index (χ4n) is 1.45. The van der Waals surface area contributed by atoms with Crippen molar-refractivity contribution in [2.45, 2.75) is 13.5 Å². The summed E-state index contributed by atoms with van der Waals surface area (Å²) in [5.74, 6) is 0.767. The lowest BCUT2D eigenvalue weighted by Crippen LogP contribution is -1.97. The monoisotopic (exact) mass is 216 g/mol. The van der Waals surface area contributed by atoms with Gasteiger partial charge in [-0.3, -0.25) is 0 Å². The van der Waals surface area contributed by atoms with Gasteiger partial charge in [0.25, 0.3) is 0 Å². The molecular formula is C12H12N2O2. The van der Waals surface area contributed by atoms with Crippen molar-refractivity contribution in [2.24, 2.45) is 0 Å². The number of nitrogens with zero attached hydrogens (tertiary/aromatic N) is 2. The van der Waals surface area contributed by atoms with Crippen molar-refractivity contribution in [1.29, 1.82) is 0 Å². The van der Waals surface area contributed by atoms with E-state index in [1.54, 1.807) is 30.3 Å². The van der Waals surface area contributed by atoms with Crippen LogP contribution in [-0.2, 0) is 6.61 Å². The Bertz CT molecular complexity index is 495. The zero-order valence-corrected chi connectivity index (χ0v) is 8.88. The van der Waals surface area contributed by atoms with Crippen LogP contribution in [-0.4, -0.2) is 20.2 Å². The molecule has 1 aromatic heterocycles. The van der Waals surface area contributed by atoms with Gasteiger partial charge in [-0.1, -0.05) is 0 Å². The molecule has 1 heterocycles. The van der Waals surface area contributed by atoms with E-state index in [9.17, 15) is 5.11 Å². The number of hydrogen-bond acceptors (Lipinski definition) is 4. The highest BCUT2D eigenvalue weighted by molar-refractivity contribution is 5.56. The van der Waals surface area contributed by atoms with Crippen molar-refractivity contribution >= 4 is 0 Å². The van der Waals surface area contributed by atoms with Crippen molar-refractivity contribution in [2.75, 3.05) is 0 Å². The molecule has 0 spiro atoms.